The molecule has 1 aromatic heterocycles. The molecule has 5 heteroatoms. The van der Waals surface area contributed by atoms with Crippen LogP contribution in [0.5, 0.6) is 0 Å². The molecule has 90 valence electrons. The third-order valence-corrected chi connectivity index (χ3v) is 3.03. The zero-order chi connectivity index (χ0) is 12.1. The topological polar surface area (TPSA) is 40.7 Å². The van der Waals surface area contributed by atoms with Crippen LogP contribution in [0.15, 0.2) is 35.1 Å². The Kier molecular flexibility index (Phi) is 4.28. The number of H-pyrrole nitrogens is 1. The highest BCUT2D eigenvalue weighted by atomic mass is 79.9. The van der Waals surface area contributed by atoms with E-state index in [0.717, 1.165) is 30.9 Å². The van der Waals surface area contributed by atoms with Gasteiger partial charge in [0.2, 0.25) is 0 Å². The van der Waals surface area contributed by atoms with Crippen LogP contribution in [0.2, 0.25) is 0 Å². The van der Waals surface area contributed by atoms with Crippen LogP contribution in [0, 0.1) is 5.82 Å². The summed E-state index contributed by atoms with van der Waals surface area (Å²) in [5, 5.41) is 3.27. The van der Waals surface area contributed by atoms with E-state index in [9.17, 15) is 4.39 Å². The highest BCUT2D eigenvalue weighted by Crippen LogP contribution is 2.16. The molecule has 2 N–H and O–H groups in total. The normalized spacial score (nSPS) is 10.7. The molecule has 17 heavy (non-hydrogen) atoms. The molecule has 0 unspecified atom stereocenters. The minimum atomic E-state index is -0.225. The third-order valence-electron chi connectivity index (χ3n) is 2.42. The number of nitrogens with zero attached hydrogens (tertiary/aromatic N) is 1. The predicted molar refractivity (Wildman–Crippen MR) is 68.1 cm³/mol. The van der Waals surface area contributed by atoms with Gasteiger partial charge >= 0.3 is 0 Å². The Balaban J connectivity index is 1.76. The SMILES string of the molecule is Fc1ccc(CCNCc2ncc[nH]2)cc1Br. The van der Waals surface area contributed by atoms with E-state index in [4.69, 9.17) is 0 Å². The fourth-order valence-corrected chi connectivity index (χ4v) is 1.96. The second-order valence-corrected chi connectivity index (χ2v) is 4.57. The van der Waals surface area contributed by atoms with Gasteiger partial charge in [0, 0.05) is 12.4 Å². The summed E-state index contributed by atoms with van der Waals surface area (Å²) < 4.78 is 13.5. The van der Waals surface area contributed by atoms with E-state index in [2.05, 4.69) is 31.2 Å². The predicted octanol–water partition coefficient (Wildman–Crippen LogP) is 2.64. The van der Waals surface area contributed by atoms with E-state index < -0.39 is 0 Å². The Morgan fingerprint density at radius 3 is 3.00 bits per heavy atom. The van der Waals surface area contributed by atoms with Crippen molar-refractivity contribution in [2.75, 3.05) is 6.54 Å². The summed E-state index contributed by atoms with van der Waals surface area (Å²) in [5.74, 6) is 0.697. The summed E-state index contributed by atoms with van der Waals surface area (Å²) in [6.07, 6.45) is 4.39. The number of benzene rings is 1. The minimum Gasteiger partial charge on any atom is -0.348 e. The zero-order valence-electron chi connectivity index (χ0n) is 9.21. The van der Waals surface area contributed by atoms with Gasteiger partial charge in [0.05, 0.1) is 11.0 Å². The van der Waals surface area contributed by atoms with E-state index in [1.807, 2.05) is 6.07 Å². The highest BCUT2D eigenvalue weighted by Gasteiger charge is 2.00. The molecule has 0 radical (unpaired) electrons. The summed E-state index contributed by atoms with van der Waals surface area (Å²) in [5.41, 5.74) is 1.10. The maximum Gasteiger partial charge on any atom is 0.137 e. The van der Waals surface area contributed by atoms with Crippen LogP contribution < -0.4 is 5.32 Å². The number of imidazole rings is 1. The molecule has 0 saturated carbocycles. The third kappa shape index (κ3) is 3.64. The van der Waals surface area contributed by atoms with Crippen molar-refractivity contribution in [2.24, 2.45) is 0 Å². The van der Waals surface area contributed by atoms with Crippen LogP contribution in [0.4, 0.5) is 4.39 Å². The Labute approximate surface area is 108 Å². The quantitative estimate of drug-likeness (QED) is 0.833. The van der Waals surface area contributed by atoms with Gasteiger partial charge in [0.15, 0.2) is 0 Å². The molecule has 0 aliphatic carbocycles. The number of rotatable bonds is 5. The Morgan fingerprint density at radius 2 is 2.29 bits per heavy atom. The van der Waals surface area contributed by atoms with Crippen LogP contribution in [0.25, 0.3) is 0 Å². The first-order valence-corrected chi connectivity index (χ1v) is 6.18. The van der Waals surface area contributed by atoms with E-state index in [1.54, 1.807) is 18.5 Å². The van der Waals surface area contributed by atoms with Crippen molar-refractivity contribution in [3.05, 3.63) is 52.3 Å². The first-order chi connectivity index (χ1) is 8.25. The van der Waals surface area contributed by atoms with E-state index in [1.165, 1.54) is 6.07 Å². The van der Waals surface area contributed by atoms with Gasteiger partial charge in [-0.15, -0.1) is 0 Å². The van der Waals surface area contributed by atoms with Gasteiger partial charge in [-0.2, -0.15) is 0 Å². The van der Waals surface area contributed by atoms with E-state index >= 15 is 0 Å². The molecule has 1 heterocycles. The van der Waals surface area contributed by atoms with Crippen LogP contribution in [-0.4, -0.2) is 16.5 Å². The zero-order valence-corrected chi connectivity index (χ0v) is 10.8. The average Bonchev–Trinajstić information content (AvgIpc) is 2.82. The Bertz CT molecular complexity index is 471. The van der Waals surface area contributed by atoms with Crippen LogP contribution in [0.3, 0.4) is 0 Å². The lowest BCUT2D eigenvalue weighted by Crippen LogP contribution is -2.17. The number of halogens is 2. The molecule has 2 aromatic rings. The largest absolute Gasteiger partial charge is 0.348 e. The van der Waals surface area contributed by atoms with Gasteiger partial charge in [-0.1, -0.05) is 6.07 Å². The summed E-state index contributed by atoms with van der Waals surface area (Å²) in [7, 11) is 0. The molecule has 2 rings (SSSR count). The summed E-state index contributed by atoms with van der Waals surface area (Å²) in [4.78, 5) is 7.13. The van der Waals surface area contributed by atoms with Crippen LogP contribution in [0.1, 0.15) is 11.4 Å². The van der Waals surface area contributed by atoms with Gasteiger partial charge in [0.25, 0.3) is 0 Å². The average molecular weight is 298 g/mol. The molecule has 0 atom stereocenters. The van der Waals surface area contributed by atoms with Gasteiger partial charge in [-0.25, -0.2) is 9.37 Å². The molecule has 0 aliphatic rings. The molecule has 0 saturated heterocycles. The monoisotopic (exact) mass is 297 g/mol. The molecule has 3 nitrogen and oxygen atoms in total. The van der Waals surface area contributed by atoms with Crippen molar-refractivity contribution >= 4 is 15.9 Å². The second-order valence-electron chi connectivity index (χ2n) is 3.71. The van der Waals surface area contributed by atoms with Gasteiger partial charge in [-0.05, 0) is 46.6 Å². The molecule has 0 fully saturated rings. The number of aromatic amines is 1. The lowest BCUT2D eigenvalue weighted by molar-refractivity contribution is 0.618. The molecular formula is C12H13BrFN3. The first kappa shape index (κ1) is 12.3. The molecule has 0 spiro atoms. The van der Waals surface area contributed by atoms with Crippen molar-refractivity contribution in [2.45, 2.75) is 13.0 Å². The lowest BCUT2D eigenvalue weighted by atomic mass is 10.1. The Morgan fingerprint density at radius 1 is 1.41 bits per heavy atom. The fraction of sp³-hybridized carbons (Fsp3) is 0.250. The van der Waals surface area contributed by atoms with Crippen molar-refractivity contribution in [1.29, 1.82) is 0 Å². The highest BCUT2D eigenvalue weighted by molar-refractivity contribution is 9.10. The summed E-state index contributed by atoms with van der Waals surface area (Å²) in [6, 6.07) is 5.09. The summed E-state index contributed by atoms with van der Waals surface area (Å²) >= 11 is 3.18. The summed E-state index contributed by atoms with van der Waals surface area (Å²) in [6.45, 7) is 1.55. The van der Waals surface area contributed by atoms with Gasteiger partial charge in [0.1, 0.15) is 11.6 Å². The van der Waals surface area contributed by atoms with Gasteiger partial charge < -0.3 is 10.3 Å². The molecule has 0 amide bonds. The van der Waals surface area contributed by atoms with Crippen molar-refractivity contribution in [3.63, 3.8) is 0 Å². The molecular weight excluding hydrogens is 285 g/mol. The number of hydrogen-bond acceptors (Lipinski definition) is 2. The number of hydrogen-bond donors (Lipinski definition) is 2. The molecule has 0 aliphatic heterocycles. The number of nitrogens with one attached hydrogen (secondary N) is 2. The fourth-order valence-electron chi connectivity index (χ4n) is 1.53. The van der Waals surface area contributed by atoms with E-state index in [-0.39, 0.29) is 5.82 Å². The van der Waals surface area contributed by atoms with Crippen molar-refractivity contribution < 1.29 is 4.39 Å². The standard InChI is InChI=1S/C12H13BrFN3/c13-10-7-9(1-2-11(10)14)3-4-15-8-12-16-5-6-17-12/h1-2,5-7,15H,3-4,8H2,(H,16,17). The van der Waals surface area contributed by atoms with Crippen LogP contribution >= 0.6 is 15.9 Å². The second kappa shape index (κ2) is 5.93. The lowest BCUT2D eigenvalue weighted by Gasteiger charge is -2.04. The number of aromatic nitrogens is 2. The van der Waals surface area contributed by atoms with Crippen molar-refractivity contribution in [1.82, 2.24) is 15.3 Å². The maximum absolute atomic E-state index is 13.0. The maximum atomic E-state index is 13.0. The van der Waals surface area contributed by atoms with Gasteiger partial charge in [-0.3, -0.25) is 0 Å². The van der Waals surface area contributed by atoms with Crippen LogP contribution in [-0.2, 0) is 13.0 Å². The molecule has 1 aromatic carbocycles. The Hall–Kier alpha value is -1.20. The smallest absolute Gasteiger partial charge is 0.137 e. The molecule has 0 bridgehead atoms. The van der Waals surface area contributed by atoms with Crippen molar-refractivity contribution in [3.8, 4) is 0 Å². The first-order valence-electron chi connectivity index (χ1n) is 5.38. The van der Waals surface area contributed by atoms with E-state index in [0.29, 0.717) is 4.47 Å². The minimum absolute atomic E-state index is 0.225.